The van der Waals surface area contributed by atoms with Crippen LogP contribution in [0.3, 0.4) is 0 Å². The van der Waals surface area contributed by atoms with E-state index in [0.717, 1.165) is 6.42 Å². The van der Waals surface area contributed by atoms with E-state index in [1.807, 2.05) is 0 Å². The molecular formula is C12H13F3O3. The van der Waals surface area contributed by atoms with Crippen LogP contribution in [0.15, 0.2) is 24.3 Å². The Hall–Kier alpha value is -1.43. The zero-order valence-electron chi connectivity index (χ0n) is 9.48. The minimum Gasteiger partial charge on any atom is -0.484 e. The van der Waals surface area contributed by atoms with Crippen molar-refractivity contribution >= 4 is 0 Å². The third kappa shape index (κ3) is 3.29. The van der Waals surface area contributed by atoms with Gasteiger partial charge in [0.2, 0.25) is 0 Å². The molecule has 0 aromatic heterocycles. The van der Waals surface area contributed by atoms with Crippen molar-refractivity contribution in [1.82, 2.24) is 0 Å². The van der Waals surface area contributed by atoms with Crippen LogP contribution in [0.4, 0.5) is 13.2 Å². The Morgan fingerprint density at radius 3 is 2.33 bits per heavy atom. The molecule has 1 aromatic rings. The predicted octanol–water partition coefficient (Wildman–Crippen LogP) is 2.88. The van der Waals surface area contributed by atoms with E-state index in [9.17, 15) is 18.3 Å². The lowest BCUT2D eigenvalue weighted by Crippen LogP contribution is -2.26. The molecule has 0 saturated heterocycles. The van der Waals surface area contributed by atoms with Crippen molar-refractivity contribution in [2.24, 2.45) is 0 Å². The molecule has 1 fully saturated rings. The van der Waals surface area contributed by atoms with Gasteiger partial charge in [0.15, 0.2) is 11.5 Å². The van der Waals surface area contributed by atoms with Crippen LogP contribution >= 0.6 is 0 Å². The molecule has 100 valence electrons. The van der Waals surface area contributed by atoms with Gasteiger partial charge in [0.05, 0.1) is 6.10 Å². The van der Waals surface area contributed by atoms with Gasteiger partial charge in [-0.3, -0.25) is 0 Å². The third-order valence-electron chi connectivity index (χ3n) is 2.77. The van der Waals surface area contributed by atoms with Crippen LogP contribution in [0.1, 0.15) is 19.3 Å². The Balaban J connectivity index is 2.12. The number of alkyl halides is 3. The van der Waals surface area contributed by atoms with E-state index in [1.54, 1.807) is 6.07 Å². The van der Waals surface area contributed by atoms with Gasteiger partial charge >= 0.3 is 6.36 Å². The van der Waals surface area contributed by atoms with Crippen LogP contribution in [0, 0.1) is 0 Å². The smallest absolute Gasteiger partial charge is 0.484 e. The minimum absolute atomic E-state index is 0.000718. The molecule has 1 aliphatic rings. The molecule has 0 aliphatic heterocycles. The standard InChI is InChI=1S/C12H13F3O3/c13-12(14,15)18-11-6-2-1-5-10(11)17-9-7-3-4-8(9)16/h1-2,5-6,8-9,16H,3-4,7H2/t8-,9-/m1/s1. The zero-order valence-corrected chi connectivity index (χ0v) is 9.48. The molecule has 0 bridgehead atoms. The molecular weight excluding hydrogens is 249 g/mol. The van der Waals surface area contributed by atoms with E-state index in [4.69, 9.17) is 4.74 Å². The topological polar surface area (TPSA) is 38.7 Å². The molecule has 0 spiro atoms. The second-order valence-corrected chi connectivity index (χ2v) is 4.15. The lowest BCUT2D eigenvalue weighted by Gasteiger charge is -2.19. The number of halogens is 3. The first kappa shape index (κ1) is 13.0. The van der Waals surface area contributed by atoms with E-state index in [-0.39, 0.29) is 11.5 Å². The minimum atomic E-state index is -4.76. The molecule has 2 rings (SSSR count). The Labute approximate surface area is 102 Å². The monoisotopic (exact) mass is 262 g/mol. The van der Waals surface area contributed by atoms with Crippen molar-refractivity contribution in [2.75, 3.05) is 0 Å². The average Bonchev–Trinajstić information content (AvgIpc) is 2.65. The maximum absolute atomic E-state index is 12.2. The van der Waals surface area contributed by atoms with Crippen molar-refractivity contribution in [2.45, 2.75) is 37.8 Å². The molecule has 1 aliphatic carbocycles. The van der Waals surface area contributed by atoms with Gasteiger partial charge in [-0.2, -0.15) is 0 Å². The predicted molar refractivity (Wildman–Crippen MR) is 57.4 cm³/mol. The van der Waals surface area contributed by atoms with Crippen LogP contribution in [0.25, 0.3) is 0 Å². The van der Waals surface area contributed by atoms with Crippen LogP contribution in [0.2, 0.25) is 0 Å². The summed E-state index contributed by atoms with van der Waals surface area (Å²) in [4.78, 5) is 0. The fourth-order valence-corrected chi connectivity index (χ4v) is 1.96. The number of benzene rings is 1. The number of aliphatic hydroxyl groups is 1. The molecule has 18 heavy (non-hydrogen) atoms. The van der Waals surface area contributed by atoms with Gasteiger partial charge in [-0.15, -0.1) is 13.2 Å². The van der Waals surface area contributed by atoms with Gasteiger partial charge in [0, 0.05) is 0 Å². The number of aliphatic hydroxyl groups excluding tert-OH is 1. The maximum Gasteiger partial charge on any atom is 0.573 e. The Morgan fingerprint density at radius 2 is 1.78 bits per heavy atom. The summed E-state index contributed by atoms with van der Waals surface area (Å²) in [6.45, 7) is 0. The van der Waals surface area contributed by atoms with E-state index >= 15 is 0 Å². The van der Waals surface area contributed by atoms with Gasteiger partial charge in [-0.1, -0.05) is 12.1 Å². The molecule has 6 heteroatoms. The molecule has 2 atom stereocenters. The third-order valence-corrected chi connectivity index (χ3v) is 2.77. The SMILES string of the molecule is O[C@@H]1CCC[C@H]1Oc1ccccc1OC(F)(F)F. The van der Waals surface area contributed by atoms with Crippen LogP contribution < -0.4 is 9.47 Å². The molecule has 1 N–H and O–H groups in total. The Morgan fingerprint density at radius 1 is 1.11 bits per heavy atom. The van der Waals surface area contributed by atoms with Crippen LogP contribution in [-0.4, -0.2) is 23.7 Å². The summed E-state index contributed by atoms with van der Waals surface area (Å²) in [5.74, 6) is -0.384. The highest BCUT2D eigenvalue weighted by Gasteiger charge is 2.33. The maximum atomic E-state index is 12.2. The normalized spacial score (nSPS) is 24.0. The van der Waals surface area contributed by atoms with Gasteiger partial charge in [0.1, 0.15) is 6.10 Å². The largest absolute Gasteiger partial charge is 0.573 e. The Bertz CT molecular complexity index is 406. The van der Waals surface area contributed by atoms with Gasteiger partial charge in [-0.25, -0.2) is 0 Å². The van der Waals surface area contributed by atoms with Gasteiger partial charge < -0.3 is 14.6 Å². The number of hydrogen-bond acceptors (Lipinski definition) is 3. The number of hydrogen-bond donors (Lipinski definition) is 1. The van der Waals surface area contributed by atoms with E-state index in [2.05, 4.69) is 4.74 Å². The number of rotatable bonds is 3. The molecule has 1 saturated carbocycles. The second kappa shape index (κ2) is 5.06. The van der Waals surface area contributed by atoms with Crippen molar-refractivity contribution in [3.63, 3.8) is 0 Å². The molecule has 1 aromatic carbocycles. The highest BCUT2D eigenvalue weighted by atomic mass is 19.4. The van der Waals surface area contributed by atoms with Crippen molar-refractivity contribution < 1.29 is 27.8 Å². The summed E-state index contributed by atoms with van der Waals surface area (Å²) >= 11 is 0. The highest BCUT2D eigenvalue weighted by Crippen LogP contribution is 2.34. The fourth-order valence-electron chi connectivity index (χ4n) is 1.96. The molecule has 0 heterocycles. The summed E-state index contributed by atoms with van der Waals surface area (Å²) in [7, 11) is 0. The van der Waals surface area contributed by atoms with Crippen molar-refractivity contribution in [3.05, 3.63) is 24.3 Å². The quantitative estimate of drug-likeness (QED) is 0.910. The summed E-state index contributed by atoms with van der Waals surface area (Å²) in [6, 6.07) is 5.56. The van der Waals surface area contributed by atoms with Crippen molar-refractivity contribution in [1.29, 1.82) is 0 Å². The second-order valence-electron chi connectivity index (χ2n) is 4.15. The Kier molecular flexibility index (Phi) is 3.65. The average molecular weight is 262 g/mol. The van der Waals surface area contributed by atoms with Crippen LogP contribution in [-0.2, 0) is 0 Å². The molecule has 0 unspecified atom stereocenters. The van der Waals surface area contributed by atoms with Crippen molar-refractivity contribution in [3.8, 4) is 11.5 Å². The number of para-hydroxylation sites is 2. The summed E-state index contributed by atoms with van der Waals surface area (Å²) in [5.41, 5.74) is 0. The lowest BCUT2D eigenvalue weighted by atomic mass is 10.2. The first-order chi connectivity index (χ1) is 8.46. The first-order valence-electron chi connectivity index (χ1n) is 5.65. The van der Waals surface area contributed by atoms with Gasteiger partial charge in [0.25, 0.3) is 0 Å². The van der Waals surface area contributed by atoms with E-state index in [0.29, 0.717) is 12.8 Å². The summed E-state index contributed by atoms with van der Waals surface area (Å²) < 4.78 is 45.8. The first-order valence-corrected chi connectivity index (χ1v) is 5.65. The molecule has 3 nitrogen and oxygen atoms in total. The van der Waals surface area contributed by atoms with E-state index < -0.39 is 18.6 Å². The number of ether oxygens (including phenoxy) is 2. The lowest BCUT2D eigenvalue weighted by molar-refractivity contribution is -0.275. The van der Waals surface area contributed by atoms with Crippen LogP contribution in [0.5, 0.6) is 11.5 Å². The molecule has 0 amide bonds. The zero-order chi connectivity index (χ0) is 13.2. The summed E-state index contributed by atoms with van der Waals surface area (Å²) in [5, 5.41) is 9.59. The highest BCUT2D eigenvalue weighted by molar-refractivity contribution is 5.39. The van der Waals surface area contributed by atoms with E-state index in [1.165, 1.54) is 18.2 Å². The summed E-state index contributed by atoms with van der Waals surface area (Å²) in [6.07, 6.45) is -3.83. The van der Waals surface area contributed by atoms with Gasteiger partial charge in [-0.05, 0) is 31.4 Å². The fraction of sp³-hybridized carbons (Fsp3) is 0.500. The molecule has 0 radical (unpaired) electrons.